The molecule has 1 N–H and O–H groups in total. The minimum atomic E-state index is 0.977. The summed E-state index contributed by atoms with van der Waals surface area (Å²) in [7, 11) is 0. The zero-order valence-corrected chi connectivity index (χ0v) is 11.9. The van der Waals surface area contributed by atoms with Crippen LogP contribution in [0.1, 0.15) is 38.3 Å². The number of nitrogens with one attached hydrogen (secondary N) is 1. The van der Waals surface area contributed by atoms with E-state index < -0.39 is 0 Å². The van der Waals surface area contributed by atoms with Crippen molar-refractivity contribution in [2.24, 2.45) is 0 Å². The second kappa shape index (κ2) is 8.11. The fraction of sp³-hybridized carbons (Fsp3) is 0.462. The van der Waals surface area contributed by atoms with Crippen molar-refractivity contribution in [1.82, 2.24) is 9.97 Å². The molecule has 0 aromatic carbocycles. The van der Waals surface area contributed by atoms with Crippen molar-refractivity contribution in [2.75, 3.05) is 0 Å². The highest BCUT2D eigenvalue weighted by atomic mass is 32.1. The van der Waals surface area contributed by atoms with E-state index in [-0.39, 0.29) is 0 Å². The van der Waals surface area contributed by atoms with Crippen molar-refractivity contribution < 1.29 is 0 Å². The summed E-state index contributed by atoms with van der Waals surface area (Å²) in [4.78, 5) is 9.99. The zero-order chi connectivity index (χ0) is 12.6. The minimum Gasteiger partial charge on any atom is -0.341 e. The number of thiophene rings is 1. The zero-order valence-electron chi connectivity index (χ0n) is 11.1. The van der Waals surface area contributed by atoms with Gasteiger partial charge in [-0.15, -0.1) is 11.3 Å². The van der Waals surface area contributed by atoms with Gasteiger partial charge in [-0.2, -0.15) is 0 Å². The van der Waals surface area contributed by atoms with Gasteiger partial charge in [0.1, 0.15) is 5.82 Å². The molecule has 0 aliphatic rings. The van der Waals surface area contributed by atoms with E-state index >= 15 is 0 Å². The van der Waals surface area contributed by atoms with Crippen LogP contribution in [0.4, 0.5) is 0 Å². The molecule has 2 rings (SSSR count). The molecule has 2 aromatic rings. The SMILES string of the molecule is CC.CC.Cc1cnc(-c2ccc(C)s2)[nH]1. The van der Waals surface area contributed by atoms with Crippen LogP contribution >= 0.6 is 11.3 Å². The molecule has 0 atom stereocenters. The van der Waals surface area contributed by atoms with Crippen LogP contribution < -0.4 is 0 Å². The topological polar surface area (TPSA) is 28.7 Å². The first-order valence-corrected chi connectivity index (χ1v) is 6.66. The fourth-order valence-electron chi connectivity index (χ4n) is 1.10. The van der Waals surface area contributed by atoms with Crippen molar-refractivity contribution in [1.29, 1.82) is 0 Å². The van der Waals surface area contributed by atoms with E-state index in [2.05, 4.69) is 29.0 Å². The summed E-state index contributed by atoms with van der Waals surface area (Å²) in [6.07, 6.45) is 1.85. The molecule has 0 saturated carbocycles. The molecule has 0 radical (unpaired) electrons. The smallest absolute Gasteiger partial charge is 0.147 e. The average Bonchev–Trinajstić information content (AvgIpc) is 2.93. The van der Waals surface area contributed by atoms with Gasteiger partial charge < -0.3 is 4.98 Å². The van der Waals surface area contributed by atoms with Crippen LogP contribution in [0.25, 0.3) is 10.7 Å². The highest BCUT2D eigenvalue weighted by Gasteiger charge is 2.02. The largest absolute Gasteiger partial charge is 0.341 e. The number of rotatable bonds is 1. The third-order valence-electron chi connectivity index (χ3n) is 1.68. The van der Waals surface area contributed by atoms with E-state index in [1.54, 1.807) is 11.3 Å². The minimum absolute atomic E-state index is 0.977. The van der Waals surface area contributed by atoms with Gasteiger partial charge in [0.2, 0.25) is 0 Å². The summed E-state index contributed by atoms with van der Waals surface area (Å²) >= 11 is 1.76. The Bertz CT molecular complexity index is 350. The molecule has 90 valence electrons. The van der Waals surface area contributed by atoms with Gasteiger partial charge in [0.25, 0.3) is 0 Å². The van der Waals surface area contributed by atoms with Gasteiger partial charge in [0.05, 0.1) is 4.88 Å². The number of hydrogen-bond donors (Lipinski definition) is 1. The molecule has 2 heterocycles. The van der Waals surface area contributed by atoms with Crippen LogP contribution in [0.3, 0.4) is 0 Å². The number of imidazole rings is 1. The van der Waals surface area contributed by atoms with Gasteiger partial charge in [-0.3, -0.25) is 0 Å². The molecule has 0 aliphatic heterocycles. The Balaban J connectivity index is 0.000000509. The van der Waals surface area contributed by atoms with E-state index in [0.717, 1.165) is 11.5 Å². The molecule has 0 saturated heterocycles. The maximum atomic E-state index is 4.25. The van der Waals surface area contributed by atoms with E-state index in [9.17, 15) is 0 Å². The van der Waals surface area contributed by atoms with Gasteiger partial charge in [-0.05, 0) is 26.0 Å². The van der Waals surface area contributed by atoms with Crippen molar-refractivity contribution in [2.45, 2.75) is 41.5 Å². The highest BCUT2D eigenvalue weighted by molar-refractivity contribution is 7.15. The van der Waals surface area contributed by atoms with Crippen molar-refractivity contribution >= 4 is 11.3 Å². The molecular formula is C13H22N2S. The van der Waals surface area contributed by atoms with Gasteiger partial charge >= 0.3 is 0 Å². The Morgan fingerprint density at radius 2 is 1.69 bits per heavy atom. The van der Waals surface area contributed by atoms with Crippen molar-refractivity contribution in [3.05, 3.63) is 28.9 Å². The van der Waals surface area contributed by atoms with Crippen LogP contribution in [0.15, 0.2) is 18.3 Å². The summed E-state index contributed by atoms with van der Waals surface area (Å²) in [5.41, 5.74) is 1.11. The molecule has 0 aliphatic carbocycles. The first-order chi connectivity index (χ1) is 7.75. The number of aromatic amines is 1. The number of nitrogens with zero attached hydrogens (tertiary/aromatic N) is 1. The predicted molar refractivity (Wildman–Crippen MR) is 74.1 cm³/mol. The molecule has 0 spiro atoms. The molecule has 0 unspecified atom stereocenters. The quantitative estimate of drug-likeness (QED) is 0.759. The first kappa shape index (κ1) is 14.9. The lowest BCUT2D eigenvalue weighted by atomic mass is 10.4. The van der Waals surface area contributed by atoms with Crippen molar-refractivity contribution in [3.63, 3.8) is 0 Å². The molecule has 0 amide bonds. The van der Waals surface area contributed by atoms with Crippen LogP contribution in [0.2, 0.25) is 0 Å². The van der Waals surface area contributed by atoms with E-state index in [1.807, 2.05) is 40.8 Å². The van der Waals surface area contributed by atoms with E-state index in [0.29, 0.717) is 0 Å². The molecule has 16 heavy (non-hydrogen) atoms. The second-order valence-electron chi connectivity index (χ2n) is 2.83. The standard InChI is InChI=1S/C9H10N2S.2C2H6/c1-6-5-10-9(11-6)8-4-3-7(2)12-8;2*1-2/h3-5H,1-2H3,(H,10,11);2*1-2H3. The lowest BCUT2D eigenvalue weighted by Gasteiger charge is -1.87. The lowest BCUT2D eigenvalue weighted by molar-refractivity contribution is 1.26. The molecule has 0 bridgehead atoms. The Hall–Kier alpha value is -1.09. The summed E-state index contributed by atoms with van der Waals surface area (Å²) in [6, 6.07) is 4.20. The van der Waals surface area contributed by atoms with Crippen LogP contribution in [-0.2, 0) is 0 Å². The molecule has 2 nitrogen and oxygen atoms in total. The number of aryl methyl sites for hydroxylation is 2. The monoisotopic (exact) mass is 238 g/mol. The Morgan fingerprint density at radius 3 is 2.06 bits per heavy atom. The molecule has 3 heteroatoms. The van der Waals surface area contributed by atoms with Crippen LogP contribution in [0, 0.1) is 13.8 Å². The maximum absolute atomic E-state index is 4.25. The normalized spacial score (nSPS) is 8.62. The van der Waals surface area contributed by atoms with Crippen LogP contribution in [-0.4, -0.2) is 9.97 Å². The fourth-order valence-corrected chi connectivity index (χ4v) is 1.92. The predicted octanol–water partition coefficient (Wildman–Crippen LogP) is 4.81. The number of hydrogen-bond acceptors (Lipinski definition) is 2. The second-order valence-corrected chi connectivity index (χ2v) is 4.11. The average molecular weight is 238 g/mol. The third kappa shape index (κ3) is 4.19. The maximum Gasteiger partial charge on any atom is 0.147 e. The summed E-state index contributed by atoms with van der Waals surface area (Å²) < 4.78 is 0. The lowest BCUT2D eigenvalue weighted by Crippen LogP contribution is -1.73. The third-order valence-corrected chi connectivity index (χ3v) is 2.68. The summed E-state index contributed by atoms with van der Waals surface area (Å²) in [5.74, 6) is 0.977. The van der Waals surface area contributed by atoms with Gasteiger partial charge in [-0.1, -0.05) is 27.7 Å². The summed E-state index contributed by atoms with van der Waals surface area (Å²) in [5, 5.41) is 0. The van der Waals surface area contributed by atoms with Gasteiger partial charge in [0.15, 0.2) is 0 Å². The van der Waals surface area contributed by atoms with Gasteiger partial charge in [-0.25, -0.2) is 4.98 Å². The number of H-pyrrole nitrogens is 1. The Morgan fingerprint density at radius 1 is 1.06 bits per heavy atom. The highest BCUT2D eigenvalue weighted by Crippen LogP contribution is 2.24. The first-order valence-electron chi connectivity index (χ1n) is 5.84. The molecular weight excluding hydrogens is 216 g/mol. The number of aromatic nitrogens is 2. The van der Waals surface area contributed by atoms with Crippen molar-refractivity contribution in [3.8, 4) is 10.7 Å². The Labute approximate surface area is 103 Å². The summed E-state index contributed by atoms with van der Waals surface area (Å²) in [6.45, 7) is 12.1. The van der Waals surface area contributed by atoms with Gasteiger partial charge in [0, 0.05) is 16.8 Å². The molecule has 0 fully saturated rings. The van der Waals surface area contributed by atoms with E-state index in [1.165, 1.54) is 9.75 Å². The molecule has 2 aromatic heterocycles. The Kier molecular flexibility index (Phi) is 7.56. The van der Waals surface area contributed by atoms with Crippen LogP contribution in [0.5, 0.6) is 0 Å². The van der Waals surface area contributed by atoms with E-state index in [4.69, 9.17) is 0 Å².